The average molecular weight is 527 g/mol. The van der Waals surface area contributed by atoms with E-state index in [1.165, 1.54) is 4.90 Å². The predicted octanol–water partition coefficient (Wildman–Crippen LogP) is 4.49. The van der Waals surface area contributed by atoms with Crippen molar-refractivity contribution in [2.75, 3.05) is 49.6 Å². The normalized spacial score (nSPS) is 19.6. The van der Waals surface area contributed by atoms with Crippen molar-refractivity contribution in [3.8, 4) is 5.75 Å². The Hall–Kier alpha value is -4.17. The van der Waals surface area contributed by atoms with E-state index in [1.807, 2.05) is 30.3 Å². The zero-order chi connectivity index (χ0) is 27.5. The summed E-state index contributed by atoms with van der Waals surface area (Å²) >= 11 is 0. The summed E-state index contributed by atoms with van der Waals surface area (Å²) in [5, 5.41) is 11.4. The molecule has 3 aromatic rings. The van der Waals surface area contributed by atoms with Crippen LogP contribution in [0.1, 0.15) is 31.0 Å². The molecule has 5 rings (SSSR count). The van der Waals surface area contributed by atoms with Crippen molar-refractivity contribution in [3.05, 3.63) is 89.8 Å². The van der Waals surface area contributed by atoms with E-state index in [-0.39, 0.29) is 11.3 Å². The summed E-state index contributed by atoms with van der Waals surface area (Å²) in [5.74, 6) is -0.595. The Morgan fingerprint density at radius 1 is 0.974 bits per heavy atom. The Bertz CT molecular complexity index is 1350. The van der Waals surface area contributed by atoms with Gasteiger partial charge in [-0.1, -0.05) is 19.9 Å². The van der Waals surface area contributed by atoms with Gasteiger partial charge in [-0.2, -0.15) is 0 Å². The number of ether oxygens (including phenoxy) is 1. The lowest BCUT2D eigenvalue weighted by Crippen LogP contribution is -2.44. The van der Waals surface area contributed by atoms with Gasteiger partial charge in [-0.15, -0.1) is 0 Å². The van der Waals surface area contributed by atoms with Gasteiger partial charge < -0.3 is 19.6 Å². The first kappa shape index (κ1) is 26.4. The summed E-state index contributed by atoms with van der Waals surface area (Å²) in [6.07, 6.45) is 3.26. The summed E-state index contributed by atoms with van der Waals surface area (Å²) < 4.78 is 5.75. The molecule has 2 aromatic carbocycles. The number of aliphatic hydroxyl groups is 1. The van der Waals surface area contributed by atoms with Crippen LogP contribution in [0.2, 0.25) is 0 Å². The number of Topliss-reactive ketones (excluding diaryl/α,β-unsaturated/α-hetero) is 1. The maximum absolute atomic E-state index is 13.4. The van der Waals surface area contributed by atoms with E-state index in [9.17, 15) is 14.7 Å². The predicted molar refractivity (Wildman–Crippen MR) is 152 cm³/mol. The number of likely N-dealkylation sites (N-methyl/N-ethyl adjacent to an activating group) is 1. The summed E-state index contributed by atoms with van der Waals surface area (Å²) in [6, 6.07) is 17.3. The van der Waals surface area contributed by atoms with Crippen molar-refractivity contribution in [1.82, 2.24) is 9.88 Å². The molecule has 2 aliphatic heterocycles. The molecule has 39 heavy (non-hydrogen) atoms. The van der Waals surface area contributed by atoms with Gasteiger partial charge in [0.2, 0.25) is 0 Å². The van der Waals surface area contributed by atoms with Gasteiger partial charge in [0.25, 0.3) is 11.7 Å². The smallest absolute Gasteiger partial charge is 0.300 e. The number of carbonyl (C=O) groups excluding carboxylic acids is 2. The second kappa shape index (κ2) is 11.3. The maximum atomic E-state index is 13.4. The molecular weight excluding hydrogens is 492 g/mol. The fourth-order valence-corrected chi connectivity index (χ4v) is 4.97. The van der Waals surface area contributed by atoms with Gasteiger partial charge in [0.15, 0.2) is 0 Å². The number of aliphatic hydroxyl groups excluding tert-OH is 1. The fraction of sp³-hybridized carbons (Fsp3) is 0.323. The Kier molecular flexibility index (Phi) is 7.65. The first-order chi connectivity index (χ1) is 18.8. The van der Waals surface area contributed by atoms with E-state index in [2.05, 4.69) is 35.7 Å². The van der Waals surface area contributed by atoms with Gasteiger partial charge >= 0.3 is 0 Å². The number of ketones is 1. The number of hydrogen-bond donors (Lipinski definition) is 1. The third kappa shape index (κ3) is 5.52. The number of amides is 1. The lowest BCUT2D eigenvalue weighted by atomic mass is 9.96. The largest absolute Gasteiger partial charge is 0.507 e. The van der Waals surface area contributed by atoms with Crippen molar-refractivity contribution >= 4 is 28.8 Å². The zero-order valence-electron chi connectivity index (χ0n) is 22.6. The zero-order valence-corrected chi connectivity index (χ0v) is 22.6. The lowest BCUT2D eigenvalue weighted by Gasteiger charge is -2.34. The van der Waals surface area contributed by atoms with Crippen LogP contribution < -0.4 is 14.5 Å². The van der Waals surface area contributed by atoms with Crippen LogP contribution in [0.15, 0.2) is 78.6 Å². The molecule has 0 saturated carbocycles. The average Bonchev–Trinajstić information content (AvgIpc) is 3.22. The Labute approximate surface area is 229 Å². The van der Waals surface area contributed by atoms with Crippen LogP contribution >= 0.6 is 0 Å². The quantitative estimate of drug-likeness (QED) is 0.276. The number of nitrogens with zero attached hydrogens (tertiary/aromatic N) is 4. The van der Waals surface area contributed by atoms with Crippen LogP contribution in [0.25, 0.3) is 5.76 Å². The Balaban J connectivity index is 1.50. The van der Waals surface area contributed by atoms with Crippen LogP contribution in [-0.4, -0.2) is 66.5 Å². The molecule has 1 amide bonds. The van der Waals surface area contributed by atoms with Crippen LogP contribution in [0.3, 0.4) is 0 Å². The number of piperazine rings is 1. The van der Waals surface area contributed by atoms with Crippen LogP contribution in [-0.2, 0) is 9.59 Å². The van der Waals surface area contributed by atoms with Gasteiger partial charge in [0, 0.05) is 55.5 Å². The van der Waals surface area contributed by atoms with Gasteiger partial charge in [-0.25, -0.2) is 0 Å². The van der Waals surface area contributed by atoms with Crippen molar-refractivity contribution < 1.29 is 19.4 Å². The minimum Gasteiger partial charge on any atom is -0.507 e. The van der Waals surface area contributed by atoms with E-state index in [0.717, 1.165) is 31.9 Å². The number of aromatic nitrogens is 1. The van der Waals surface area contributed by atoms with Gasteiger partial charge in [0.05, 0.1) is 18.2 Å². The molecule has 3 heterocycles. The maximum Gasteiger partial charge on any atom is 0.300 e. The highest BCUT2D eigenvalue weighted by Crippen LogP contribution is 2.42. The number of benzene rings is 2. The fourth-order valence-electron chi connectivity index (χ4n) is 4.97. The third-order valence-corrected chi connectivity index (χ3v) is 7.15. The highest BCUT2D eigenvalue weighted by Gasteiger charge is 2.47. The number of rotatable bonds is 7. The van der Waals surface area contributed by atoms with Crippen LogP contribution in [0.4, 0.5) is 11.4 Å². The standard InChI is InChI=1S/C31H34N4O4/c1-21(2)20-39-26-12-6-22(7-13-26)29(36)27-28(23-5-4-14-32-19-23)35(31(38)30(27)37)25-10-8-24(9-11-25)34-17-15-33(3)16-18-34/h4-14,19,21,28,36H,15-18,20H2,1-3H3/b29-27+. The van der Waals surface area contributed by atoms with Gasteiger partial charge in [-0.05, 0) is 73.1 Å². The SMILES string of the molecule is CC(C)COc1ccc(/C(O)=C2\C(=O)C(=O)N(c3ccc(N4CCN(C)CC4)cc3)C2c2cccnc2)cc1. The molecule has 1 atom stereocenters. The molecule has 1 unspecified atom stereocenters. The minimum atomic E-state index is -0.815. The molecule has 0 bridgehead atoms. The van der Waals surface area contributed by atoms with Crippen molar-refractivity contribution in [1.29, 1.82) is 0 Å². The topological polar surface area (TPSA) is 86.2 Å². The molecule has 1 aromatic heterocycles. The summed E-state index contributed by atoms with van der Waals surface area (Å²) in [7, 11) is 2.12. The molecule has 0 radical (unpaired) electrons. The molecule has 0 aliphatic carbocycles. The van der Waals surface area contributed by atoms with Crippen molar-refractivity contribution in [3.63, 3.8) is 0 Å². The molecule has 2 aliphatic rings. The van der Waals surface area contributed by atoms with Crippen molar-refractivity contribution in [2.45, 2.75) is 19.9 Å². The Morgan fingerprint density at radius 3 is 2.26 bits per heavy atom. The minimum absolute atomic E-state index is 0.0343. The van der Waals surface area contributed by atoms with E-state index in [1.54, 1.807) is 42.7 Å². The summed E-state index contributed by atoms with van der Waals surface area (Å²) in [5.41, 5.74) is 2.76. The number of anilines is 2. The van der Waals surface area contributed by atoms with Gasteiger partial charge in [0.1, 0.15) is 11.5 Å². The van der Waals surface area contributed by atoms with E-state index >= 15 is 0 Å². The monoisotopic (exact) mass is 526 g/mol. The molecular formula is C31H34N4O4. The molecule has 2 saturated heterocycles. The van der Waals surface area contributed by atoms with Crippen LogP contribution in [0, 0.1) is 5.92 Å². The highest BCUT2D eigenvalue weighted by atomic mass is 16.5. The third-order valence-electron chi connectivity index (χ3n) is 7.15. The molecule has 202 valence electrons. The van der Waals surface area contributed by atoms with E-state index < -0.39 is 17.7 Å². The molecule has 0 spiro atoms. The van der Waals surface area contributed by atoms with E-state index in [4.69, 9.17) is 4.74 Å². The second-order valence-corrected chi connectivity index (χ2v) is 10.5. The molecule has 8 heteroatoms. The molecule has 2 fully saturated rings. The molecule has 1 N–H and O–H groups in total. The number of carbonyl (C=O) groups is 2. The number of hydrogen-bond acceptors (Lipinski definition) is 7. The highest BCUT2D eigenvalue weighted by molar-refractivity contribution is 6.51. The Morgan fingerprint density at radius 2 is 1.64 bits per heavy atom. The first-order valence-electron chi connectivity index (χ1n) is 13.3. The summed E-state index contributed by atoms with van der Waals surface area (Å²) in [4.78, 5) is 37.1. The van der Waals surface area contributed by atoms with E-state index in [0.29, 0.717) is 35.1 Å². The van der Waals surface area contributed by atoms with Crippen molar-refractivity contribution in [2.24, 2.45) is 5.92 Å². The van der Waals surface area contributed by atoms with Gasteiger partial charge in [-0.3, -0.25) is 19.5 Å². The number of pyridine rings is 1. The first-order valence-corrected chi connectivity index (χ1v) is 13.3. The summed E-state index contributed by atoms with van der Waals surface area (Å²) in [6.45, 7) is 8.54. The lowest BCUT2D eigenvalue weighted by molar-refractivity contribution is -0.132. The molecule has 8 nitrogen and oxygen atoms in total. The van der Waals surface area contributed by atoms with Crippen LogP contribution in [0.5, 0.6) is 5.75 Å². The second-order valence-electron chi connectivity index (χ2n) is 10.5.